The Morgan fingerprint density at radius 1 is 1.24 bits per heavy atom. The Hall–Kier alpha value is -2.07. The molecule has 1 heterocycles. The van der Waals surface area contributed by atoms with Gasteiger partial charge in [0.2, 0.25) is 0 Å². The molecule has 21 heavy (non-hydrogen) atoms. The van der Waals surface area contributed by atoms with Crippen molar-refractivity contribution in [2.24, 2.45) is 0 Å². The van der Waals surface area contributed by atoms with Crippen LogP contribution in [-0.4, -0.2) is 9.55 Å². The summed E-state index contributed by atoms with van der Waals surface area (Å²) in [6.45, 7) is 3.33. The molecule has 108 valence electrons. The van der Waals surface area contributed by atoms with Gasteiger partial charge in [-0.25, -0.2) is 9.37 Å². The summed E-state index contributed by atoms with van der Waals surface area (Å²) < 4.78 is 15.4. The average Bonchev–Trinajstić information content (AvgIpc) is 2.82. The summed E-state index contributed by atoms with van der Waals surface area (Å²) >= 11 is 5.96. The van der Waals surface area contributed by atoms with Crippen LogP contribution in [0.15, 0.2) is 42.5 Å². The summed E-state index contributed by atoms with van der Waals surface area (Å²) in [5.41, 5.74) is 2.56. The fraction of sp³-hybridized carbons (Fsp3) is 0.188. The van der Waals surface area contributed by atoms with Crippen molar-refractivity contribution in [1.82, 2.24) is 9.55 Å². The topological polar surface area (TPSA) is 29.9 Å². The van der Waals surface area contributed by atoms with Crippen molar-refractivity contribution >= 4 is 28.3 Å². The van der Waals surface area contributed by atoms with E-state index in [4.69, 9.17) is 11.6 Å². The summed E-state index contributed by atoms with van der Waals surface area (Å²) in [7, 11) is 0. The lowest BCUT2D eigenvalue weighted by molar-refractivity contribution is 0.627. The van der Waals surface area contributed by atoms with Gasteiger partial charge in [0.05, 0.1) is 17.6 Å². The molecule has 3 aromatic rings. The Balaban J connectivity index is 1.90. The second-order valence-corrected chi connectivity index (χ2v) is 5.21. The second-order valence-electron chi connectivity index (χ2n) is 4.77. The first-order valence-electron chi connectivity index (χ1n) is 6.81. The van der Waals surface area contributed by atoms with Crippen molar-refractivity contribution < 1.29 is 4.39 Å². The van der Waals surface area contributed by atoms with Crippen molar-refractivity contribution in [3.63, 3.8) is 0 Å². The molecule has 0 aliphatic heterocycles. The molecule has 3 rings (SSSR count). The number of halogens is 2. The molecule has 2 aromatic carbocycles. The van der Waals surface area contributed by atoms with Crippen LogP contribution in [0.1, 0.15) is 12.7 Å². The minimum atomic E-state index is -0.244. The normalized spacial score (nSPS) is 11.0. The van der Waals surface area contributed by atoms with E-state index in [2.05, 4.69) is 10.3 Å². The fourth-order valence-electron chi connectivity index (χ4n) is 2.41. The van der Waals surface area contributed by atoms with Gasteiger partial charge in [0.25, 0.3) is 0 Å². The molecule has 0 fully saturated rings. The minimum Gasteiger partial charge on any atom is -0.378 e. The monoisotopic (exact) mass is 303 g/mol. The molecule has 0 amide bonds. The number of aromatic nitrogens is 2. The molecule has 0 unspecified atom stereocenters. The highest BCUT2D eigenvalue weighted by Crippen LogP contribution is 2.20. The summed E-state index contributed by atoms with van der Waals surface area (Å²) in [5.74, 6) is 0.629. The molecule has 3 nitrogen and oxygen atoms in total. The molecule has 0 saturated carbocycles. The minimum absolute atomic E-state index is 0.244. The molecular formula is C16H15ClFN3. The summed E-state index contributed by atoms with van der Waals surface area (Å²) in [6.07, 6.45) is 0. The standard InChI is InChI=1S/C16H15ClFN3/c1-2-21-15-9-12(18)6-7-14(15)20-16(21)10-19-13-5-3-4-11(17)8-13/h3-9,19H,2,10H2,1H3. The smallest absolute Gasteiger partial charge is 0.129 e. The Morgan fingerprint density at radius 3 is 2.86 bits per heavy atom. The van der Waals surface area contributed by atoms with Crippen molar-refractivity contribution in [3.05, 3.63) is 59.1 Å². The molecule has 0 aliphatic carbocycles. The lowest BCUT2D eigenvalue weighted by atomic mass is 10.3. The number of hydrogen-bond donors (Lipinski definition) is 1. The van der Waals surface area contributed by atoms with E-state index in [1.54, 1.807) is 6.07 Å². The molecule has 0 radical (unpaired) electrons. The first kappa shape index (κ1) is 13.9. The van der Waals surface area contributed by atoms with Crippen LogP contribution in [0.5, 0.6) is 0 Å². The van der Waals surface area contributed by atoms with Crippen LogP contribution in [0.25, 0.3) is 11.0 Å². The highest BCUT2D eigenvalue weighted by atomic mass is 35.5. The second kappa shape index (κ2) is 5.74. The van der Waals surface area contributed by atoms with Crippen LogP contribution in [0, 0.1) is 5.82 Å². The summed E-state index contributed by atoms with van der Waals surface area (Å²) in [6, 6.07) is 12.2. The Labute approximate surface area is 127 Å². The van der Waals surface area contributed by atoms with Gasteiger partial charge >= 0.3 is 0 Å². The molecule has 0 saturated heterocycles. The molecular weight excluding hydrogens is 289 g/mol. The predicted octanol–water partition coefficient (Wildman–Crippen LogP) is 4.46. The lowest BCUT2D eigenvalue weighted by Gasteiger charge is -2.09. The predicted molar refractivity (Wildman–Crippen MR) is 84.1 cm³/mol. The van der Waals surface area contributed by atoms with Gasteiger partial charge in [0.1, 0.15) is 11.6 Å². The van der Waals surface area contributed by atoms with Crippen LogP contribution >= 0.6 is 11.6 Å². The van der Waals surface area contributed by atoms with Gasteiger partial charge in [-0.05, 0) is 43.3 Å². The third-order valence-corrected chi connectivity index (χ3v) is 3.62. The maximum Gasteiger partial charge on any atom is 0.129 e. The van der Waals surface area contributed by atoms with Crippen molar-refractivity contribution in [2.45, 2.75) is 20.0 Å². The van der Waals surface area contributed by atoms with E-state index >= 15 is 0 Å². The maximum absolute atomic E-state index is 13.4. The zero-order valence-corrected chi connectivity index (χ0v) is 12.4. The average molecular weight is 304 g/mol. The van der Waals surface area contributed by atoms with Gasteiger partial charge in [-0.15, -0.1) is 0 Å². The van der Waals surface area contributed by atoms with E-state index in [1.807, 2.05) is 35.8 Å². The van der Waals surface area contributed by atoms with Crippen LogP contribution in [0.4, 0.5) is 10.1 Å². The number of anilines is 1. The Morgan fingerprint density at radius 2 is 2.10 bits per heavy atom. The highest BCUT2D eigenvalue weighted by molar-refractivity contribution is 6.30. The summed E-state index contributed by atoms with van der Waals surface area (Å²) in [5, 5.41) is 3.98. The fourth-order valence-corrected chi connectivity index (χ4v) is 2.60. The van der Waals surface area contributed by atoms with Gasteiger partial charge in [0.15, 0.2) is 0 Å². The number of fused-ring (bicyclic) bond motifs is 1. The van der Waals surface area contributed by atoms with Gasteiger partial charge in [-0.2, -0.15) is 0 Å². The highest BCUT2D eigenvalue weighted by Gasteiger charge is 2.10. The van der Waals surface area contributed by atoms with E-state index in [-0.39, 0.29) is 5.82 Å². The third kappa shape index (κ3) is 2.85. The van der Waals surface area contributed by atoms with Crippen molar-refractivity contribution in [3.8, 4) is 0 Å². The van der Waals surface area contributed by atoms with Crippen LogP contribution in [0.2, 0.25) is 5.02 Å². The van der Waals surface area contributed by atoms with Gasteiger partial charge in [-0.3, -0.25) is 0 Å². The molecule has 1 N–H and O–H groups in total. The quantitative estimate of drug-likeness (QED) is 0.771. The first-order chi connectivity index (χ1) is 10.2. The van der Waals surface area contributed by atoms with Gasteiger partial charge < -0.3 is 9.88 Å². The SMILES string of the molecule is CCn1c(CNc2cccc(Cl)c2)nc2ccc(F)cc21. The molecule has 0 aliphatic rings. The Bertz CT molecular complexity index is 782. The molecule has 0 spiro atoms. The molecule has 0 bridgehead atoms. The maximum atomic E-state index is 13.4. The first-order valence-corrected chi connectivity index (χ1v) is 7.19. The van der Waals surface area contributed by atoms with Crippen LogP contribution < -0.4 is 5.32 Å². The van der Waals surface area contributed by atoms with E-state index in [1.165, 1.54) is 12.1 Å². The number of benzene rings is 2. The van der Waals surface area contributed by atoms with E-state index in [0.717, 1.165) is 29.1 Å². The van der Waals surface area contributed by atoms with Gasteiger partial charge in [0, 0.05) is 17.3 Å². The third-order valence-electron chi connectivity index (χ3n) is 3.38. The number of nitrogens with zero attached hydrogens (tertiary/aromatic N) is 2. The van der Waals surface area contributed by atoms with E-state index in [0.29, 0.717) is 11.6 Å². The van der Waals surface area contributed by atoms with Gasteiger partial charge in [-0.1, -0.05) is 17.7 Å². The zero-order valence-electron chi connectivity index (χ0n) is 11.6. The Kier molecular flexibility index (Phi) is 3.80. The number of hydrogen-bond acceptors (Lipinski definition) is 2. The molecule has 0 atom stereocenters. The molecule has 5 heteroatoms. The van der Waals surface area contributed by atoms with E-state index in [9.17, 15) is 4.39 Å². The number of rotatable bonds is 4. The van der Waals surface area contributed by atoms with Crippen LogP contribution in [-0.2, 0) is 13.1 Å². The van der Waals surface area contributed by atoms with E-state index < -0.39 is 0 Å². The lowest BCUT2D eigenvalue weighted by Crippen LogP contribution is -2.07. The number of aryl methyl sites for hydroxylation is 1. The van der Waals surface area contributed by atoms with Crippen LogP contribution in [0.3, 0.4) is 0 Å². The number of nitrogens with one attached hydrogen (secondary N) is 1. The zero-order chi connectivity index (χ0) is 14.8. The largest absolute Gasteiger partial charge is 0.378 e. The number of imidazole rings is 1. The van der Waals surface area contributed by atoms with Crippen molar-refractivity contribution in [2.75, 3.05) is 5.32 Å². The van der Waals surface area contributed by atoms with Crippen molar-refractivity contribution in [1.29, 1.82) is 0 Å². The molecule has 1 aromatic heterocycles. The summed E-state index contributed by atoms with van der Waals surface area (Å²) in [4.78, 5) is 4.56.